The number of carboxylic acid groups (broad SMARTS) is 1. The minimum Gasteiger partial charge on any atom is -0.481 e. The number of oxazole rings is 1. The van der Waals surface area contributed by atoms with Crippen molar-refractivity contribution < 1.29 is 27.9 Å². The Balaban J connectivity index is 1.32. The summed E-state index contributed by atoms with van der Waals surface area (Å²) in [6.07, 6.45) is 1.82. The number of ketones is 1. The predicted molar refractivity (Wildman–Crippen MR) is 122 cm³/mol. The highest BCUT2D eigenvalue weighted by atomic mass is 19.1. The lowest BCUT2D eigenvalue weighted by molar-refractivity contribution is -0.142. The first-order valence-corrected chi connectivity index (χ1v) is 10.9. The van der Waals surface area contributed by atoms with Gasteiger partial charge in [-0.3, -0.25) is 9.59 Å². The lowest BCUT2D eigenvalue weighted by Gasteiger charge is -2.14. The van der Waals surface area contributed by atoms with Crippen molar-refractivity contribution in [2.75, 3.05) is 5.32 Å². The van der Waals surface area contributed by atoms with E-state index in [0.29, 0.717) is 35.0 Å². The van der Waals surface area contributed by atoms with E-state index in [2.05, 4.69) is 10.3 Å². The fraction of sp³-hybridized carbons (Fsp3) is 0.192. The SMILES string of the molecule is O=C(O)[C@@H]1CCC[C@H]1C(=O)c1ccc(-c2ccc(Nc3nc4ccc(F)cc4o3)c(F)c2)cc1. The molecule has 1 aliphatic rings. The standard InChI is InChI=1S/C26H20F2N2O4/c27-17-9-11-22-23(13-17)34-26(30-22)29-21-10-8-16(12-20(21)28)14-4-6-15(7-5-14)24(31)18-2-1-3-19(18)25(32)33/h4-13,18-19H,1-3H2,(H,29,30)(H,32,33)/t18-,19-/m1/s1. The second-order valence-corrected chi connectivity index (χ2v) is 8.37. The van der Waals surface area contributed by atoms with Gasteiger partial charge in [0, 0.05) is 17.5 Å². The molecule has 1 aliphatic carbocycles. The van der Waals surface area contributed by atoms with Gasteiger partial charge < -0.3 is 14.8 Å². The smallest absolute Gasteiger partial charge is 0.307 e. The highest BCUT2D eigenvalue weighted by molar-refractivity contribution is 6.00. The third kappa shape index (κ3) is 4.14. The molecule has 3 aromatic carbocycles. The summed E-state index contributed by atoms with van der Waals surface area (Å²) in [6.45, 7) is 0. The Hall–Kier alpha value is -4.07. The van der Waals surface area contributed by atoms with Gasteiger partial charge >= 0.3 is 5.97 Å². The van der Waals surface area contributed by atoms with E-state index in [-0.39, 0.29) is 23.1 Å². The molecule has 2 N–H and O–H groups in total. The minimum absolute atomic E-state index is 0.0432. The Labute approximate surface area is 193 Å². The first-order valence-electron chi connectivity index (χ1n) is 10.9. The van der Waals surface area contributed by atoms with Crippen molar-refractivity contribution in [2.24, 2.45) is 11.8 Å². The van der Waals surface area contributed by atoms with Gasteiger partial charge in [-0.05, 0) is 48.2 Å². The Morgan fingerprint density at radius 2 is 1.68 bits per heavy atom. The average molecular weight is 462 g/mol. The van der Waals surface area contributed by atoms with E-state index in [1.807, 2.05) is 0 Å². The van der Waals surface area contributed by atoms with E-state index in [1.165, 1.54) is 30.3 Å². The number of aromatic nitrogens is 1. The van der Waals surface area contributed by atoms with E-state index in [4.69, 9.17) is 4.42 Å². The van der Waals surface area contributed by atoms with Crippen LogP contribution in [0.4, 0.5) is 20.5 Å². The monoisotopic (exact) mass is 462 g/mol. The van der Waals surface area contributed by atoms with Gasteiger partial charge in [0.15, 0.2) is 11.4 Å². The number of halogens is 2. The number of carbonyl (C=O) groups is 2. The molecule has 4 aromatic rings. The van der Waals surface area contributed by atoms with Crippen molar-refractivity contribution >= 4 is 34.6 Å². The van der Waals surface area contributed by atoms with Crippen LogP contribution in [0.15, 0.2) is 65.1 Å². The number of hydrogen-bond acceptors (Lipinski definition) is 5. The highest BCUT2D eigenvalue weighted by Gasteiger charge is 2.37. The van der Waals surface area contributed by atoms with Crippen molar-refractivity contribution in [2.45, 2.75) is 19.3 Å². The first-order chi connectivity index (χ1) is 16.4. The maximum Gasteiger partial charge on any atom is 0.307 e. The third-order valence-electron chi connectivity index (χ3n) is 6.23. The van der Waals surface area contributed by atoms with Crippen LogP contribution < -0.4 is 5.32 Å². The molecule has 0 amide bonds. The Morgan fingerprint density at radius 1 is 0.941 bits per heavy atom. The lowest BCUT2D eigenvalue weighted by atomic mass is 9.88. The summed E-state index contributed by atoms with van der Waals surface area (Å²) in [5.74, 6) is -3.23. The number of benzene rings is 3. The van der Waals surface area contributed by atoms with E-state index >= 15 is 0 Å². The molecule has 8 heteroatoms. The zero-order valence-corrected chi connectivity index (χ0v) is 17.9. The summed E-state index contributed by atoms with van der Waals surface area (Å²) in [6, 6.07) is 15.3. The number of aliphatic carboxylic acids is 1. The van der Waals surface area contributed by atoms with Crippen LogP contribution in [0.2, 0.25) is 0 Å². The number of nitrogens with one attached hydrogen (secondary N) is 1. The quantitative estimate of drug-likeness (QED) is 0.332. The second kappa shape index (κ2) is 8.70. The lowest BCUT2D eigenvalue weighted by Crippen LogP contribution is -2.25. The average Bonchev–Trinajstić information content (AvgIpc) is 3.47. The fourth-order valence-electron chi connectivity index (χ4n) is 4.47. The molecule has 0 bridgehead atoms. The molecular formula is C26H20F2N2O4. The van der Waals surface area contributed by atoms with Crippen LogP contribution in [0.3, 0.4) is 0 Å². The largest absolute Gasteiger partial charge is 0.481 e. The van der Waals surface area contributed by atoms with Crippen LogP contribution in [-0.4, -0.2) is 21.8 Å². The molecule has 0 saturated heterocycles. The number of anilines is 2. The van der Waals surface area contributed by atoms with Crippen LogP contribution in [0.1, 0.15) is 29.6 Å². The maximum absolute atomic E-state index is 14.8. The summed E-state index contributed by atoms with van der Waals surface area (Å²) in [7, 11) is 0. The van der Waals surface area contributed by atoms with Crippen molar-refractivity contribution in [1.82, 2.24) is 4.98 Å². The van der Waals surface area contributed by atoms with Gasteiger partial charge in [0.25, 0.3) is 6.01 Å². The molecule has 1 fully saturated rings. The normalized spacial score (nSPS) is 17.7. The molecule has 1 saturated carbocycles. The van der Waals surface area contributed by atoms with Gasteiger partial charge in [0.2, 0.25) is 0 Å². The number of fused-ring (bicyclic) bond motifs is 1. The van der Waals surface area contributed by atoms with Crippen molar-refractivity contribution in [1.29, 1.82) is 0 Å². The number of rotatable bonds is 6. The Kier molecular flexibility index (Phi) is 5.57. The molecule has 1 aromatic heterocycles. The molecule has 5 rings (SSSR count). The maximum atomic E-state index is 14.8. The Bertz CT molecular complexity index is 1400. The summed E-state index contributed by atoms with van der Waals surface area (Å²) >= 11 is 0. The molecule has 2 atom stereocenters. The first kappa shape index (κ1) is 21.8. The van der Waals surface area contributed by atoms with Crippen molar-refractivity contribution in [3.8, 4) is 11.1 Å². The van der Waals surface area contributed by atoms with Crippen LogP contribution in [-0.2, 0) is 4.79 Å². The summed E-state index contributed by atoms with van der Waals surface area (Å²) < 4.78 is 33.5. The number of hydrogen-bond donors (Lipinski definition) is 2. The molecule has 6 nitrogen and oxygen atoms in total. The minimum atomic E-state index is -0.929. The predicted octanol–water partition coefficient (Wildman–Crippen LogP) is 6.20. The van der Waals surface area contributed by atoms with E-state index in [9.17, 15) is 23.5 Å². The highest BCUT2D eigenvalue weighted by Crippen LogP contribution is 2.35. The summed E-state index contributed by atoms with van der Waals surface area (Å²) in [5.41, 5.74) is 2.60. The zero-order chi connectivity index (χ0) is 23.8. The number of carbonyl (C=O) groups excluding carboxylic acids is 1. The molecule has 0 aliphatic heterocycles. The van der Waals surface area contributed by atoms with Crippen LogP contribution in [0, 0.1) is 23.5 Å². The Morgan fingerprint density at radius 3 is 2.41 bits per heavy atom. The third-order valence-corrected chi connectivity index (χ3v) is 6.23. The number of nitrogens with zero attached hydrogens (tertiary/aromatic N) is 1. The number of carboxylic acids is 1. The summed E-state index contributed by atoms with van der Waals surface area (Å²) in [4.78, 5) is 28.4. The van der Waals surface area contributed by atoms with Crippen molar-refractivity contribution in [3.05, 3.63) is 77.9 Å². The second-order valence-electron chi connectivity index (χ2n) is 8.37. The van der Waals surface area contributed by atoms with Crippen LogP contribution >= 0.6 is 0 Å². The van der Waals surface area contributed by atoms with Gasteiger partial charge in [-0.15, -0.1) is 0 Å². The molecule has 172 valence electrons. The van der Waals surface area contributed by atoms with Gasteiger partial charge in [0.05, 0.1) is 11.6 Å². The fourth-order valence-corrected chi connectivity index (χ4v) is 4.47. The van der Waals surface area contributed by atoms with E-state index in [0.717, 1.165) is 6.42 Å². The van der Waals surface area contributed by atoms with E-state index < -0.39 is 29.4 Å². The number of Topliss-reactive ketones (excluding diaryl/α,β-unsaturated/α-hetero) is 1. The van der Waals surface area contributed by atoms with Crippen LogP contribution in [0.25, 0.3) is 22.2 Å². The molecule has 0 radical (unpaired) electrons. The van der Waals surface area contributed by atoms with E-state index in [1.54, 1.807) is 30.3 Å². The molecular weight excluding hydrogens is 442 g/mol. The molecule has 0 unspecified atom stereocenters. The van der Waals surface area contributed by atoms with Crippen molar-refractivity contribution in [3.63, 3.8) is 0 Å². The topological polar surface area (TPSA) is 92.4 Å². The van der Waals surface area contributed by atoms with Gasteiger partial charge in [-0.1, -0.05) is 36.8 Å². The molecule has 34 heavy (non-hydrogen) atoms. The zero-order valence-electron chi connectivity index (χ0n) is 17.9. The van der Waals surface area contributed by atoms with Gasteiger partial charge in [-0.2, -0.15) is 4.98 Å². The van der Waals surface area contributed by atoms with Crippen LogP contribution in [0.5, 0.6) is 0 Å². The van der Waals surface area contributed by atoms with Gasteiger partial charge in [-0.25, -0.2) is 8.78 Å². The molecule has 0 spiro atoms. The van der Waals surface area contributed by atoms with Gasteiger partial charge in [0.1, 0.15) is 17.2 Å². The summed E-state index contributed by atoms with van der Waals surface area (Å²) in [5, 5.41) is 12.1. The molecule has 1 heterocycles.